The Hall–Kier alpha value is -1.72. The van der Waals surface area contributed by atoms with Gasteiger partial charge in [-0.15, -0.1) is 0 Å². The zero-order valence-electron chi connectivity index (χ0n) is 18.4. The maximum absolute atomic E-state index is 6.31. The normalized spacial score (nSPS) is 21.4. The molecule has 1 aliphatic rings. The number of nitrogens with zero attached hydrogens (tertiary/aromatic N) is 4. The minimum atomic E-state index is -0.182. The quantitative estimate of drug-likeness (QED) is 0.676. The van der Waals surface area contributed by atoms with Crippen LogP contribution in [0, 0.1) is 12.3 Å². The van der Waals surface area contributed by atoms with Crippen molar-refractivity contribution in [1.29, 1.82) is 0 Å². The molecular weight excluding hydrogens is 348 g/mol. The Labute approximate surface area is 170 Å². The van der Waals surface area contributed by atoms with Gasteiger partial charge < -0.3 is 9.30 Å². The first-order chi connectivity index (χ1) is 13.2. The monoisotopic (exact) mass is 384 g/mol. The van der Waals surface area contributed by atoms with Crippen LogP contribution in [0.5, 0.6) is 0 Å². The van der Waals surface area contributed by atoms with Gasteiger partial charge in [-0.3, -0.25) is 9.88 Å². The molecule has 2 aromatic rings. The van der Waals surface area contributed by atoms with Gasteiger partial charge in [-0.1, -0.05) is 6.07 Å². The number of aryl methyl sites for hydroxylation is 2. The molecule has 3 heterocycles. The highest BCUT2D eigenvalue weighted by molar-refractivity contribution is 5.22. The minimum absolute atomic E-state index is 0.0558. The van der Waals surface area contributed by atoms with E-state index in [1.54, 1.807) is 0 Å². The van der Waals surface area contributed by atoms with Gasteiger partial charge in [0.15, 0.2) is 0 Å². The van der Waals surface area contributed by atoms with Crippen LogP contribution in [0.3, 0.4) is 0 Å². The lowest BCUT2D eigenvalue weighted by molar-refractivity contribution is -0.111. The van der Waals surface area contributed by atoms with Crippen LogP contribution in [0.15, 0.2) is 37.1 Å². The molecule has 154 valence electrons. The average molecular weight is 385 g/mol. The molecule has 0 spiro atoms. The summed E-state index contributed by atoms with van der Waals surface area (Å²) in [4.78, 5) is 11.4. The van der Waals surface area contributed by atoms with E-state index in [1.165, 1.54) is 5.56 Å². The highest BCUT2D eigenvalue weighted by atomic mass is 16.5. The van der Waals surface area contributed by atoms with E-state index in [-0.39, 0.29) is 16.6 Å². The second-order valence-corrected chi connectivity index (χ2v) is 9.19. The molecule has 28 heavy (non-hydrogen) atoms. The standard InChI is InChI=1S/C23H36N4O/c1-7-28-22(5,6)23(10-13-26-15-12-24-18-26)11-14-27(17-23)21(3,4)20-9-8-19(2)25-16-20/h8-9,12,15-16,18H,7,10-11,13-14,17H2,1-6H3. The molecule has 0 saturated carbocycles. The summed E-state index contributed by atoms with van der Waals surface area (Å²) in [6.45, 7) is 17.1. The highest BCUT2D eigenvalue weighted by Gasteiger charge is 2.52. The highest BCUT2D eigenvalue weighted by Crippen LogP contribution is 2.48. The fourth-order valence-corrected chi connectivity index (χ4v) is 4.63. The summed E-state index contributed by atoms with van der Waals surface area (Å²) in [7, 11) is 0. The van der Waals surface area contributed by atoms with Crippen LogP contribution < -0.4 is 0 Å². The summed E-state index contributed by atoms with van der Waals surface area (Å²) in [6.07, 6.45) is 10.1. The number of hydrogen-bond donors (Lipinski definition) is 0. The Morgan fingerprint density at radius 1 is 1.21 bits per heavy atom. The number of imidazole rings is 1. The Morgan fingerprint density at radius 3 is 2.61 bits per heavy atom. The summed E-state index contributed by atoms with van der Waals surface area (Å²) in [6, 6.07) is 4.34. The van der Waals surface area contributed by atoms with Crippen molar-refractivity contribution in [3.8, 4) is 0 Å². The maximum Gasteiger partial charge on any atom is 0.0945 e. The van der Waals surface area contributed by atoms with Crippen molar-refractivity contribution in [3.63, 3.8) is 0 Å². The van der Waals surface area contributed by atoms with Gasteiger partial charge in [-0.05, 0) is 72.6 Å². The van der Waals surface area contributed by atoms with Crippen molar-refractivity contribution in [2.45, 2.75) is 72.1 Å². The Bertz CT molecular complexity index is 751. The van der Waals surface area contributed by atoms with E-state index < -0.39 is 0 Å². The van der Waals surface area contributed by atoms with Crippen LogP contribution in [0.2, 0.25) is 0 Å². The molecule has 2 aromatic heterocycles. The minimum Gasteiger partial charge on any atom is -0.375 e. The van der Waals surface area contributed by atoms with Crippen molar-refractivity contribution in [2.75, 3.05) is 19.7 Å². The average Bonchev–Trinajstić information content (AvgIpc) is 3.31. The van der Waals surface area contributed by atoms with E-state index in [4.69, 9.17) is 4.74 Å². The number of aromatic nitrogens is 3. The molecule has 0 aliphatic carbocycles. The van der Waals surface area contributed by atoms with Crippen LogP contribution in [-0.4, -0.2) is 44.7 Å². The van der Waals surface area contributed by atoms with Gasteiger partial charge in [0.25, 0.3) is 0 Å². The molecular formula is C23H36N4O. The summed E-state index contributed by atoms with van der Waals surface area (Å²) < 4.78 is 8.49. The zero-order chi connectivity index (χ0) is 20.4. The van der Waals surface area contributed by atoms with Crippen molar-refractivity contribution in [1.82, 2.24) is 19.4 Å². The van der Waals surface area contributed by atoms with Gasteiger partial charge in [0.2, 0.25) is 0 Å². The Kier molecular flexibility index (Phi) is 5.97. The molecule has 0 bridgehead atoms. The molecule has 5 nitrogen and oxygen atoms in total. The van der Waals surface area contributed by atoms with E-state index in [1.807, 2.05) is 25.6 Å². The van der Waals surface area contributed by atoms with Gasteiger partial charge in [0.1, 0.15) is 0 Å². The Morgan fingerprint density at radius 2 is 2.00 bits per heavy atom. The predicted octanol–water partition coefficient (Wildman–Crippen LogP) is 4.42. The zero-order valence-corrected chi connectivity index (χ0v) is 18.4. The maximum atomic E-state index is 6.31. The first-order valence-corrected chi connectivity index (χ1v) is 10.5. The van der Waals surface area contributed by atoms with Crippen LogP contribution in [0.1, 0.15) is 58.7 Å². The lowest BCUT2D eigenvalue weighted by Gasteiger charge is -2.46. The predicted molar refractivity (Wildman–Crippen MR) is 113 cm³/mol. The molecule has 1 unspecified atom stereocenters. The van der Waals surface area contributed by atoms with Gasteiger partial charge in [0, 0.05) is 54.9 Å². The van der Waals surface area contributed by atoms with Gasteiger partial charge in [-0.2, -0.15) is 0 Å². The van der Waals surface area contributed by atoms with E-state index >= 15 is 0 Å². The molecule has 1 fully saturated rings. The van der Waals surface area contributed by atoms with Gasteiger partial charge in [0.05, 0.1) is 11.9 Å². The molecule has 3 rings (SSSR count). The van der Waals surface area contributed by atoms with Crippen molar-refractivity contribution < 1.29 is 4.74 Å². The summed E-state index contributed by atoms with van der Waals surface area (Å²) >= 11 is 0. The van der Waals surface area contributed by atoms with Crippen molar-refractivity contribution in [3.05, 3.63) is 48.3 Å². The number of rotatable bonds is 8. The molecule has 1 aliphatic heterocycles. The van der Waals surface area contributed by atoms with E-state index in [0.717, 1.165) is 44.8 Å². The first-order valence-electron chi connectivity index (χ1n) is 10.5. The molecule has 0 amide bonds. The van der Waals surface area contributed by atoms with Crippen LogP contribution in [0.4, 0.5) is 0 Å². The Balaban J connectivity index is 1.84. The van der Waals surface area contributed by atoms with Crippen molar-refractivity contribution in [2.24, 2.45) is 5.41 Å². The van der Waals surface area contributed by atoms with Gasteiger partial charge in [-0.25, -0.2) is 4.98 Å². The van der Waals surface area contributed by atoms with Crippen LogP contribution >= 0.6 is 0 Å². The molecule has 5 heteroatoms. The van der Waals surface area contributed by atoms with E-state index in [2.05, 4.69) is 72.4 Å². The third-order valence-corrected chi connectivity index (χ3v) is 6.95. The molecule has 0 N–H and O–H groups in total. The fourth-order valence-electron chi connectivity index (χ4n) is 4.63. The first kappa shape index (κ1) is 21.0. The fraction of sp³-hybridized carbons (Fsp3) is 0.652. The second kappa shape index (κ2) is 7.96. The summed E-state index contributed by atoms with van der Waals surface area (Å²) in [5, 5.41) is 0. The third kappa shape index (κ3) is 4.01. The molecule has 0 aromatic carbocycles. The largest absolute Gasteiger partial charge is 0.375 e. The number of likely N-dealkylation sites (tertiary alicyclic amines) is 1. The topological polar surface area (TPSA) is 43.2 Å². The lowest BCUT2D eigenvalue weighted by atomic mass is 9.70. The SMILES string of the molecule is CCOC(C)(C)C1(CCn2ccnc2)CCN(C(C)(C)c2ccc(C)nc2)C1. The number of hydrogen-bond acceptors (Lipinski definition) is 4. The van der Waals surface area contributed by atoms with Gasteiger partial charge >= 0.3 is 0 Å². The van der Waals surface area contributed by atoms with Crippen LogP contribution in [0.25, 0.3) is 0 Å². The van der Waals surface area contributed by atoms with Crippen LogP contribution in [-0.2, 0) is 16.8 Å². The molecule has 0 radical (unpaired) electrons. The number of ether oxygens (including phenoxy) is 1. The lowest BCUT2D eigenvalue weighted by Crippen LogP contribution is -2.50. The summed E-state index contributed by atoms with van der Waals surface area (Å²) in [5.41, 5.74) is 2.20. The van der Waals surface area contributed by atoms with E-state index in [9.17, 15) is 0 Å². The third-order valence-electron chi connectivity index (χ3n) is 6.95. The summed E-state index contributed by atoms with van der Waals surface area (Å²) in [5.74, 6) is 0. The number of pyridine rings is 1. The molecule has 1 atom stereocenters. The van der Waals surface area contributed by atoms with Crippen molar-refractivity contribution >= 4 is 0 Å². The second-order valence-electron chi connectivity index (χ2n) is 9.19. The smallest absolute Gasteiger partial charge is 0.0945 e. The van der Waals surface area contributed by atoms with E-state index in [0.29, 0.717) is 0 Å². The molecule has 1 saturated heterocycles.